The first-order valence-electron chi connectivity index (χ1n) is 13.7. The summed E-state index contributed by atoms with van der Waals surface area (Å²) in [4.78, 5) is 25.1. The average molecular weight is 455 g/mol. The lowest BCUT2D eigenvalue weighted by Gasteiger charge is -2.71. The SMILES string of the molecule is C=C(C)C1CC(C(=O)O)C2CCC3(C)C(CCC4C5(C)CCC(=O)C(C)(C)C5CCC43C)C12. The molecule has 3 heteroatoms. The molecule has 0 spiro atoms. The van der Waals surface area contributed by atoms with Gasteiger partial charge >= 0.3 is 5.97 Å². The zero-order valence-corrected chi connectivity index (χ0v) is 21.9. The number of fused-ring (bicyclic) bond motifs is 7. The van der Waals surface area contributed by atoms with E-state index in [0.717, 1.165) is 25.7 Å². The summed E-state index contributed by atoms with van der Waals surface area (Å²) in [6.45, 7) is 18.7. The number of Topliss-reactive ketones (excluding diaryl/α,β-unsaturated/α-hetero) is 1. The summed E-state index contributed by atoms with van der Waals surface area (Å²) in [6.07, 6.45) is 9.69. The standard InChI is InChI=1S/C30H46O3/c1-17(2)19-16-20(26(32)33)18-10-14-29(6)21(25(18)19)8-9-23-28(5)13-12-24(31)27(3,4)22(28)11-15-30(23,29)7/h18-23,25H,1,8-16H2,2-7H3,(H,32,33). The molecular weight excluding hydrogens is 408 g/mol. The minimum Gasteiger partial charge on any atom is -0.481 e. The van der Waals surface area contributed by atoms with E-state index >= 15 is 0 Å². The third-order valence-electron chi connectivity index (χ3n) is 13.1. The number of carboxylic acid groups (broad SMARTS) is 1. The Balaban J connectivity index is 1.53. The number of carboxylic acids is 1. The first kappa shape index (κ1) is 23.6. The first-order chi connectivity index (χ1) is 15.3. The Morgan fingerprint density at radius 1 is 0.909 bits per heavy atom. The highest BCUT2D eigenvalue weighted by Gasteiger charge is 2.69. The van der Waals surface area contributed by atoms with Crippen molar-refractivity contribution < 1.29 is 14.7 Å². The van der Waals surface area contributed by atoms with E-state index in [1.807, 2.05) is 0 Å². The van der Waals surface area contributed by atoms with Gasteiger partial charge in [-0.05, 0) is 110 Å². The van der Waals surface area contributed by atoms with Gasteiger partial charge in [0.1, 0.15) is 5.78 Å². The summed E-state index contributed by atoms with van der Waals surface area (Å²) in [5.41, 5.74) is 1.76. The molecule has 5 rings (SSSR count). The average Bonchev–Trinajstić information content (AvgIpc) is 3.12. The van der Waals surface area contributed by atoms with Crippen LogP contribution in [-0.2, 0) is 9.59 Å². The maximum atomic E-state index is 12.9. The topological polar surface area (TPSA) is 54.4 Å². The number of aliphatic carboxylic acids is 1. The molecule has 0 saturated heterocycles. The molecule has 1 N–H and O–H groups in total. The van der Waals surface area contributed by atoms with Crippen molar-refractivity contribution in [2.24, 2.45) is 63.1 Å². The zero-order chi connectivity index (χ0) is 24.1. The Bertz CT molecular complexity index is 887. The van der Waals surface area contributed by atoms with Gasteiger partial charge in [0, 0.05) is 11.8 Å². The molecule has 0 radical (unpaired) electrons. The van der Waals surface area contributed by atoms with Crippen LogP contribution in [0.3, 0.4) is 0 Å². The van der Waals surface area contributed by atoms with E-state index in [0.29, 0.717) is 41.3 Å². The van der Waals surface area contributed by atoms with Crippen LogP contribution >= 0.6 is 0 Å². The van der Waals surface area contributed by atoms with Gasteiger partial charge in [0.2, 0.25) is 0 Å². The summed E-state index contributed by atoms with van der Waals surface area (Å²) in [7, 11) is 0. The molecule has 5 fully saturated rings. The maximum absolute atomic E-state index is 12.9. The molecule has 0 aromatic heterocycles. The fourth-order valence-corrected chi connectivity index (χ4v) is 11.3. The minimum atomic E-state index is -0.584. The van der Waals surface area contributed by atoms with Crippen molar-refractivity contribution in [2.45, 2.75) is 99.3 Å². The van der Waals surface area contributed by atoms with Crippen LogP contribution in [0.2, 0.25) is 0 Å². The van der Waals surface area contributed by atoms with E-state index in [-0.39, 0.29) is 27.6 Å². The molecule has 10 atom stereocenters. The number of hydrogen-bond donors (Lipinski definition) is 1. The summed E-state index contributed by atoms with van der Waals surface area (Å²) in [5.74, 6) is 2.62. The zero-order valence-electron chi connectivity index (χ0n) is 21.9. The monoisotopic (exact) mass is 454 g/mol. The molecule has 184 valence electrons. The number of ketones is 1. The van der Waals surface area contributed by atoms with Crippen molar-refractivity contribution in [3.8, 4) is 0 Å². The lowest BCUT2D eigenvalue weighted by atomic mass is 9.33. The molecule has 0 heterocycles. The molecule has 0 amide bonds. The van der Waals surface area contributed by atoms with Crippen molar-refractivity contribution in [3.63, 3.8) is 0 Å². The maximum Gasteiger partial charge on any atom is 0.306 e. The lowest BCUT2D eigenvalue weighted by molar-refractivity contribution is -0.226. The van der Waals surface area contributed by atoms with Crippen LogP contribution in [0.4, 0.5) is 0 Å². The highest BCUT2D eigenvalue weighted by Crippen LogP contribution is 2.76. The predicted octanol–water partition coefficient (Wildman–Crippen LogP) is 7.15. The Labute approximate surface area is 201 Å². The third kappa shape index (κ3) is 2.86. The summed E-state index contributed by atoms with van der Waals surface area (Å²) < 4.78 is 0. The van der Waals surface area contributed by atoms with Crippen molar-refractivity contribution in [2.75, 3.05) is 0 Å². The fourth-order valence-electron chi connectivity index (χ4n) is 11.3. The van der Waals surface area contributed by atoms with E-state index in [2.05, 4.69) is 48.1 Å². The lowest BCUT2D eigenvalue weighted by Crippen LogP contribution is -2.65. The van der Waals surface area contributed by atoms with Crippen LogP contribution in [0.25, 0.3) is 0 Å². The van der Waals surface area contributed by atoms with Gasteiger partial charge in [-0.2, -0.15) is 0 Å². The van der Waals surface area contributed by atoms with Gasteiger partial charge in [0.05, 0.1) is 5.92 Å². The van der Waals surface area contributed by atoms with E-state index < -0.39 is 5.97 Å². The Hall–Kier alpha value is -1.12. The molecule has 0 aromatic carbocycles. The largest absolute Gasteiger partial charge is 0.481 e. The van der Waals surface area contributed by atoms with Gasteiger partial charge < -0.3 is 5.11 Å². The number of carbonyl (C=O) groups excluding carboxylic acids is 1. The Kier molecular flexibility index (Phi) is 5.15. The van der Waals surface area contributed by atoms with E-state index in [1.165, 1.54) is 37.7 Å². The van der Waals surface area contributed by atoms with Crippen molar-refractivity contribution in [1.82, 2.24) is 0 Å². The fraction of sp³-hybridized carbons (Fsp3) is 0.867. The van der Waals surface area contributed by atoms with Crippen LogP contribution in [0.15, 0.2) is 12.2 Å². The van der Waals surface area contributed by atoms with Crippen LogP contribution < -0.4 is 0 Å². The van der Waals surface area contributed by atoms with Gasteiger partial charge in [-0.3, -0.25) is 9.59 Å². The molecule has 33 heavy (non-hydrogen) atoms. The molecule has 5 saturated carbocycles. The number of carbonyl (C=O) groups is 2. The molecule has 0 bridgehead atoms. The minimum absolute atomic E-state index is 0.190. The number of allylic oxidation sites excluding steroid dienone is 1. The van der Waals surface area contributed by atoms with Gasteiger partial charge in [-0.25, -0.2) is 0 Å². The highest BCUT2D eigenvalue weighted by molar-refractivity contribution is 5.85. The van der Waals surface area contributed by atoms with Gasteiger partial charge in [-0.15, -0.1) is 0 Å². The molecule has 0 aliphatic heterocycles. The van der Waals surface area contributed by atoms with E-state index in [9.17, 15) is 14.7 Å². The van der Waals surface area contributed by atoms with Crippen molar-refractivity contribution in [3.05, 3.63) is 12.2 Å². The van der Waals surface area contributed by atoms with Crippen LogP contribution in [0.5, 0.6) is 0 Å². The third-order valence-corrected chi connectivity index (χ3v) is 13.1. The molecule has 5 aliphatic carbocycles. The van der Waals surface area contributed by atoms with E-state index in [1.54, 1.807) is 0 Å². The number of rotatable bonds is 2. The molecule has 0 aromatic rings. The van der Waals surface area contributed by atoms with Crippen LogP contribution in [0, 0.1) is 63.1 Å². The highest BCUT2D eigenvalue weighted by atomic mass is 16.4. The van der Waals surface area contributed by atoms with Crippen molar-refractivity contribution in [1.29, 1.82) is 0 Å². The van der Waals surface area contributed by atoms with Crippen LogP contribution in [-0.4, -0.2) is 16.9 Å². The van der Waals surface area contributed by atoms with Gasteiger partial charge in [0.15, 0.2) is 0 Å². The second kappa shape index (κ2) is 7.20. The summed E-state index contributed by atoms with van der Waals surface area (Å²) >= 11 is 0. The quantitative estimate of drug-likeness (QED) is 0.451. The predicted molar refractivity (Wildman–Crippen MR) is 132 cm³/mol. The second-order valence-electron chi connectivity index (χ2n) is 14.2. The second-order valence-corrected chi connectivity index (χ2v) is 14.2. The van der Waals surface area contributed by atoms with E-state index in [4.69, 9.17) is 0 Å². The summed E-state index contributed by atoms with van der Waals surface area (Å²) in [5, 5.41) is 10.0. The Morgan fingerprint density at radius 2 is 1.58 bits per heavy atom. The molecule has 10 unspecified atom stereocenters. The molecule has 3 nitrogen and oxygen atoms in total. The molecule has 5 aliphatic rings. The normalized spacial score (nSPS) is 52.8. The first-order valence-corrected chi connectivity index (χ1v) is 13.7. The van der Waals surface area contributed by atoms with Crippen LogP contribution in [0.1, 0.15) is 99.3 Å². The number of hydrogen-bond acceptors (Lipinski definition) is 2. The van der Waals surface area contributed by atoms with Crippen molar-refractivity contribution >= 4 is 11.8 Å². The summed E-state index contributed by atoms with van der Waals surface area (Å²) in [6, 6.07) is 0. The molecular formula is C30H46O3. The van der Waals surface area contributed by atoms with Gasteiger partial charge in [0.25, 0.3) is 0 Å². The van der Waals surface area contributed by atoms with Gasteiger partial charge in [-0.1, -0.05) is 46.8 Å². The smallest absolute Gasteiger partial charge is 0.306 e. The Morgan fingerprint density at radius 3 is 2.21 bits per heavy atom.